The molecule has 6 heteroatoms. The Morgan fingerprint density at radius 1 is 1.75 bits per heavy atom. The lowest BCUT2D eigenvalue weighted by molar-refractivity contribution is -0.114. The largest absolute Gasteiger partial charge is 0.302 e. The fourth-order valence-electron chi connectivity index (χ4n) is 0.590. The van der Waals surface area contributed by atoms with E-state index >= 15 is 0 Å². The Morgan fingerprint density at radius 3 is 2.83 bits per heavy atom. The number of halogens is 1. The van der Waals surface area contributed by atoms with E-state index in [2.05, 4.69) is 10.3 Å². The van der Waals surface area contributed by atoms with Crippen molar-refractivity contribution in [3.63, 3.8) is 0 Å². The van der Waals surface area contributed by atoms with Crippen LogP contribution in [0.4, 0.5) is 9.52 Å². The summed E-state index contributed by atoms with van der Waals surface area (Å²) in [6, 6.07) is 0. The maximum Gasteiger partial charge on any atom is 0.236 e. The van der Waals surface area contributed by atoms with Crippen LogP contribution in [0.2, 0.25) is 0 Å². The number of carbonyl (C=O) groups is 2. The summed E-state index contributed by atoms with van der Waals surface area (Å²) in [7, 11) is 0. The molecular formula is C6H5FN2O2S. The van der Waals surface area contributed by atoms with Crippen LogP contribution in [0.1, 0.15) is 16.6 Å². The van der Waals surface area contributed by atoms with E-state index in [0.717, 1.165) is 11.3 Å². The van der Waals surface area contributed by atoms with Crippen molar-refractivity contribution in [1.82, 2.24) is 4.98 Å². The quantitative estimate of drug-likeness (QED) is 0.706. The molecule has 0 aliphatic carbocycles. The summed E-state index contributed by atoms with van der Waals surface area (Å²) in [6.07, 6.45) is 0.359. The molecule has 1 aromatic heterocycles. The van der Waals surface area contributed by atoms with Gasteiger partial charge in [-0.25, -0.2) is 0 Å². The second-order valence-corrected chi connectivity index (χ2v) is 3.00. The standard InChI is InChI=1S/C6H5FN2O2S/c1-3(11)8-6-9-5(7)4(2-10)12-6/h2H,1H3,(H,8,9,11). The highest BCUT2D eigenvalue weighted by Crippen LogP contribution is 2.19. The second-order valence-electron chi connectivity index (χ2n) is 1.97. The number of thiazole rings is 1. The highest BCUT2D eigenvalue weighted by Gasteiger charge is 2.09. The molecule has 0 saturated heterocycles. The molecule has 0 aliphatic heterocycles. The number of anilines is 1. The van der Waals surface area contributed by atoms with Crippen LogP contribution in [0.5, 0.6) is 0 Å². The van der Waals surface area contributed by atoms with E-state index in [1.165, 1.54) is 6.92 Å². The average Bonchev–Trinajstić information content (AvgIpc) is 2.29. The minimum atomic E-state index is -0.848. The van der Waals surface area contributed by atoms with E-state index in [1.807, 2.05) is 0 Å². The molecular weight excluding hydrogens is 183 g/mol. The van der Waals surface area contributed by atoms with Crippen LogP contribution in [0.3, 0.4) is 0 Å². The minimum Gasteiger partial charge on any atom is -0.302 e. The average molecular weight is 188 g/mol. The number of aromatic nitrogens is 1. The minimum absolute atomic E-state index is 0.0992. The third kappa shape index (κ3) is 1.85. The van der Waals surface area contributed by atoms with Crippen LogP contribution in [-0.2, 0) is 4.79 Å². The third-order valence-electron chi connectivity index (χ3n) is 1.000. The zero-order chi connectivity index (χ0) is 9.14. The Morgan fingerprint density at radius 2 is 2.42 bits per heavy atom. The topological polar surface area (TPSA) is 59.1 Å². The number of nitrogens with one attached hydrogen (secondary N) is 1. The zero-order valence-electron chi connectivity index (χ0n) is 6.13. The first-order valence-electron chi connectivity index (χ1n) is 3.02. The van der Waals surface area contributed by atoms with Gasteiger partial charge in [-0.2, -0.15) is 9.37 Å². The van der Waals surface area contributed by atoms with Gasteiger partial charge >= 0.3 is 0 Å². The van der Waals surface area contributed by atoms with Crippen LogP contribution in [-0.4, -0.2) is 17.2 Å². The summed E-state index contributed by atoms with van der Waals surface area (Å²) in [5.74, 6) is -1.19. The van der Waals surface area contributed by atoms with Gasteiger partial charge < -0.3 is 5.32 Å². The van der Waals surface area contributed by atoms with Gasteiger partial charge in [-0.05, 0) is 0 Å². The van der Waals surface area contributed by atoms with Gasteiger partial charge in [-0.1, -0.05) is 11.3 Å². The monoisotopic (exact) mass is 188 g/mol. The molecule has 0 fully saturated rings. The van der Waals surface area contributed by atoms with Crippen molar-refractivity contribution in [3.8, 4) is 0 Å². The van der Waals surface area contributed by atoms with Gasteiger partial charge in [0.15, 0.2) is 11.4 Å². The molecule has 4 nitrogen and oxygen atoms in total. The fraction of sp³-hybridized carbons (Fsp3) is 0.167. The normalized spacial score (nSPS) is 9.50. The van der Waals surface area contributed by atoms with Crippen LogP contribution in [0.25, 0.3) is 0 Å². The van der Waals surface area contributed by atoms with Gasteiger partial charge in [0.2, 0.25) is 11.9 Å². The molecule has 0 saturated carbocycles. The smallest absolute Gasteiger partial charge is 0.236 e. The molecule has 1 N–H and O–H groups in total. The zero-order valence-corrected chi connectivity index (χ0v) is 6.94. The number of hydrogen-bond donors (Lipinski definition) is 1. The first-order chi connectivity index (χ1) is 5.63. The lowest BCUT2D eigenvalue weighted by Crippen LogP contribution is -2.04. The van der Waals surface area contributed by atoms with Gasteiger partial charge in [0.1, 0.15) is 4.88 Å². The fourth-order valence-corrected chi connectivity index (χ4v) is 1.30. The molecule has 0 atom stereocenters. The Kier molecular flexibility index (Phi) is 2.49. The number of amides is 1. The van der Waals surface area contributed by atoms with Crippen molar-refractivity contribution in [3.05, 3.63) is 10.8 Å². The summed E-state index contributed by atoms with van der Waals surface area (Å²) >= 11 is 0.802. The summed E-state index contributed by atoms with van der Waals surface area (Å²) in [4.78, 5) is 23.8. The van der Waals surface area contributed by atoms with E-state index in [9.17, 15) is 14.0 Å². The lowest BCUT2D eigenvalue weighted by atomic mass is 10.6. The molecule has 64 valence electrons. The van der Waals surface area contributed by atoms with E-state index < -0.39 is 5.95 Å². The molecule has 0 aromatic carbocycles. The van der Waals surface area contributed by atoms with E-state index in [0.29, 0.717) is 6.29 Å². The molecule has 0 bridgehead atoms. The summed E-state index contributed by atoms with van der Waals surface area (Å²) in [5.41, 5.74) is 0. The molecule has 1 rings (SSSR count). The van der Waals surface area contributed by atoms with Gasteiger partial charge in [0, 0.05) is 6.92 Å². The summed E-state index contributed by atoms with van der Waals surface area (Å²) in [6.45, 7) is 1.28. The number of rotatable bonds is 2. The Hall–Kier alpha value is -1.30. The Balaban J connectivity index is 2.89. The van der Waals surface area contributed by atoms with Gasteiger partial charge in [-0.3, -0.25) is 9.59 Å². The predicted octanol–water partition coefficient (Wildman–Crippen LogP) is 1.05. The first-order valence-corrected chi connectivity index (χ1v) is 3.84. The molecule has 0 aliphatic rings. The van der Waals surface area contributed by atoms with Gasteiger partial charge in [0.25, 0.3) is 0 Å². The SMILES string of the molecule is CC(=O)Nc1nc(F)c(C=O)s1. The van der Waals surface area contributed by atoms with Crippen LogP contribution >= 0.6 is 11.3 Å². The number of aldehydes is 1. The molecule has 1 heterocycles. The van der Waals surface area contributed by atoms with E-state index in [4.69, 9.17) is 0 Å². The van der Waals surface area contributed by atoms with Crippen LogP contribution < -0.4 is 5.32 Å². The third-order valence-corrected chi connectivity index (χ3v) is 1.87. The molecule has 0 spiro atoms. The van der Waals surface area contributed by atoms with Gasteiger partial charge in [-0.15, -0.1) is 0 Å². The maximum atomic E-state index is 12.6. The number of carbonyl (C=O) groups excluding carboxylic acids is 2. The molecule has 0 unspecified atom stereocenters. The molecule has 1 aromatic rings. The van der Waals surface area contributed by atoms with Crippen molar-refractivity contribution >= 4 is 28.7 Å². The van der Waals surface area contributed by atoms with Gasteiger partial charge in [0.05, 0.1) is 0 Å². The molecule has 0 radical (unpaired) electrons. The highest BCUT2D eigenvalue weighted by atomic mass is 32.1. The van der Waals surface area contributed by atoms with Crippen molar-refractivity contribution in [1.29, 1.82) is 0 Å². The maximum absolute atomic E-state index is 12.6. The Bertz CT molecular complexity index is 323. The highest BCUT2D eigenvalue weighted by molar-refractivity contribution is 7.17. The predicted molar refractivity (Wildman–Crippen MR) is 41.8 cm³/mol. The summed E-state index contributed by atoms with van der Waals surface area (Å²) < 4.78 is 12.6. The van der Waals surface area contributed by atoms with Crippen molar-refractivity contribution in [2.75, 3.05) is 5.32 Å². The van der Waals surface area contributed by atoms with E-state index in [-0.39, 0.29) is 15.9 Å². The van der Waals surface area contributed by atoms with Crippen LogP contribution in [0.15, 0.2) is 0 Å². The van der Waals surface area contributed by atoms with Crippen molar-refractivity contribution in [2.45, 2.75) is 6.92 Å². The van der Waals surface area contributed by atoms with E-state index in [1.54, 1.807) is 0 Å². The number of hydrogen-bond acceptors (Lipinski definition) is 4. The summed E-state index contributed by atoms with van der Waals surface area (Å²) in [5, 5.41) is 2.37. The second kappa shape index (κ2) is 3.40. The first kappa shape index (κ1) is 8.79. The van der Waals surface area contributed by atoms with Crippen molar-refractivity contribution in [2.24, 2.45) is 0 Å². The molecule has 1 amide bonds. The van der Waals surface area contributed by atoms with Crippen LogP contribution in [0, 0.1) is 5.95 Å². The van der Waals surface area contributed by atoms with Crippen molar-refractivity contribution < 1.29 is 14.0 Å². The lowest BCUT2D eigenvalue weighted by Gasteiger charge is -1.90. The Labute approximate surface area is 71.4 Å². The number of nitrogens with zero attached hydrogens (tertiary/aromatic N) is 1. The molecule has 12 heavy (non-hydrogen) atoms.